The molecule has 122 valence electrons. The van der Waals surface area contributed by atoms with E-state index in [1.54, 1.807) is 6.92 Å². The van der Waals surface area contributed by atoms with Gasteiger partial charge in [0, 0.05) is 45.3 Å². The number of carbonyl (C=O) groups excluding carboxylic acids is 1. The second kappa shape index (κ2) is 6.83. The first-order valence-electron chi connectivity index (χ1n) is 7.85. The number of hydrogen-bond donors (Lipinski definition) is 1. The van der Waals surface area contributed by atoms with Crippen molar-refractivity contribution in [2.24, 2.45) is 0 Å². The van der Waals surface area contributed by atoms with Crippen LogP contribution >= 0.6 is 0 Å². The van der Waals surface area contributed by atoms with Crippen molar-refractivity contribution in [2.75, 3.05) is 38.1 Å². The van der Waals surface area contributed by atoms with E-state index in [2.05, 4.69) is 51.4 Å². The Balaban J connectivity index is 1.54. The number of nitrogens with one attached hydrogen (secondary N) is 1. The molecule has 2 heterocycles. The van der Waals surface area contributed by atoms with Crippen LogP contribution in [0.25, 0.3) is 0 Å². The lowest BCUT2D eigenvalue weighted by Crippen LogP contribution is -2.44. The average Bonchev–Trinajstić information content (AvgIpc) is 3.00. The number of nitrogens with zero attached hydrogens (tertiary/aromatic N) is 3. The zero-order chi connectivity index (χ0) is 16.2. The predicted molar refractivity (Wildman–Crippen MR) is 88.6 cm³/mol. The van der Waals surface area contributed by atoms with Gasteiger partial charge in [-0.3, -0.25) is 4.79 Å². The highest BCUT2D eigenvalue weighted by Crippen LogP contribution is 2.17. The molecule has 1 amide bonds. The number of aryl methyl sites for hydroxylation is 1. The minimum Gasteiger partial charge on any atom is -0.436 e. The van der Waals surface area contributed by atoms with Crippen molar-refractivity contribution in [3.8, 4) is 0 Å². The number of aromatic nitrogens is 1. The number of hydrogen-bond acceptors (Lipinski definition) is 5. The molecule has 1 fully saturated rings. The van der Waals surface area contributed by atoms with Crippen LogP contribution in [0.15, 0.2) is 34.9 Å². The van der Waals surface area contributed by atoms with Gasteiger partial charge in [0.05, 0.1) is 6.20 Å². The van der Waals surface area contributed by atoms with Gasteiger partial charge in [0.15, 0.2) is 5.89 Å². The third-order valence-corrected chi connectivity index (χ3v) is 4.10. The maximum absolute atomic E-state index is 11.9. The molecular formula is C17H22N4O2. The Hall–Kier alpha value is -2.34. The van der Waals surface area contributed by atoms with Crippen molar-refractivity contribution in [3.63, 3.8) is 0 Å². The van der Waals surface area contributed by atoms with Gasteiger partial charge >= 0.3 is 0 Å². The zero-order valence-corrected chi connectivity index (χ0v) is 13.6. The van der Waals surface area contributed by atoms with Crippen LogP contribution in [0, 0.1) is 6.92 Å². The first-order chi connectivity index (χ1) is 11.1. The number of amides is 1. The SMILES string of the molecule is Cc1ncc(C(=O)NCc2ccc(N3CCN(C)CC3)cc2)o1. The van der Waals surface area contributed by atoms with E-state index in [4.69, 9.17) is 4.42 Å². The molecule has 0 saturated carbocycles. The molecule has 0 unspecified atom stereocenters. The van der Waals surface area contributed by atoms with E-state index < -0.39 is 0 Å². The van der Waals surface area contributed by atoms with E-state index in [-0.39, 0.29) is 11.7 Å². The van der Waals surface area contributed by atoms with Gasteiger partial charge in [-0.1, -0.05) is 12.1 Å². The summed E-state index contributed by atoms with van der Waals surface area (Å²) in [5.74, 6) is 0.497. The highest BCUT2D eigenvalue weighted by molar-refractivity contribution is 5.91. The lowest BCUT2D eigenvalue weighted by Gasteiger charge is -2.34. The van der Waals surface area contributed by atoms with Crippen molar-refractivity contribution < 1.29 is 9.21 Å². The summed E-state index contributed by atoms with van der Waals surface area (Å²) in [5.41, 5.74) is 2.30. The van der Waals surface area contributed by atoms with Crippen LogP contribution in [0.2, 0.25) is 0 Å². The lowest BCUT2D eigenvalue weighted by atomic mass is 10.1. The number of anilines is 1. The number of benzene rings is 1. The summed E-state index contributed by atoms with van der Waals surface area (Å²) in [4.78, 5) is 20.6. The quantitative estimate of drug-likeness (QED) is 0.930. The second-order valence-electron chi connectivity index (χ2n) is 5.88. The lowest BCUT2D eigenvalue weighted by molar-refractivity contribution is 0.0922. The number of oxazole rings is 1. The molecule has 1 aromatic carbocycles. The van der Waals surface area contributed by atoms with E-state index in [1.807, 2.05) is 0 Å². The number of piperazine rings is 1. The van der Waals surface area contributed by atoms with E-state index >= 15 is 0 Å². The van der Waals surface area contributed by atoms with Crippen LogP contribution in [-0.2, 0) is 6.54 Å². The summed E-state index contributed by atoms with van der Waals surface area (Å²) < 4.78 is 5.21. The smallest absolute Gasteiger partial charge is 0.288 e. The third-order valence-electron chi connectivity index (χ3n) is 4.10. The van der Waals surface area contributed by atoms with Gasteiger partial charge in [-0.2, -0.15) is 0 Å². The normalized spacial score (nSPS) is 15.7. The second-order valence-corrected chi connectivity index (χ2v) is 5.88. The molecule has 1 N–H and O–H groups in total. The Morgan fingerprint density at radius 1 is 1.22 bits per heavy atom. The van der Waals surface area contributed by atoms with Gasteiger partial charge < -0.3 is 19.5 Å². The van der Waals surface area contributed by atoms with Gasteiger partial charge in [0.1, 0.15) is 0 Å². The summed E-state index contributed by atoms with van der Waals surface area (Å²) in [6.45, 7) is 6.48. The summed E-state index contributed by atoms with van der Waals surface area (Å²) in [5, 5.41) is 2.84. The fourth-order valence-corrected chi connectivity index (χ4v) is 2.63. The monoisotopic (exact) mass is 314 g/mol. The molecule has 0 aliphatic carbocycles. The molecule has 1 saturated heterocycles. The fourth-order valence-electron chi connectivity index (χ4n) is 2.63. The first kappa shape index (κ1) is 15.6. The Bertz CT molecular complexity index is 657. The Morgan fingerprint density at radius 2 is 1.91 bits per heavy atom. The van der Waals surface area contributed by atoms with E-state index in [0.29, 0.717) is 12.4 Å². The molecule has 1 aliphatic heterocycles. The topological polar surface area (TPSA) is 61.6 Å². The van der Waals surface area contributed by atoms with Gasteiger partial charge in [-0.25, -0.2) is 4.98 Å². The fraction of sp³-hybridized carbons (Fsp3) is 0.412. The van der Waals surface area contributed by atoms with Crippen molar-refractivity contribution in [1.82, 2.24) is 15.2 Å². The molecule has 2 aromatic rings. The highest BCUT2D eigenvalue weighted by Gasteiger charge is 2.14. The van der Waals surface area contributed by atoms with Crippen molar-refractivity contribution in [1.29, 1.82) is 0 Å². The summed E-state index contributed by atoms with van der Waals surface area (Å²) >= 11 is 0. The molecule has 1 aliphatic rings. The molecule has 0 atom stereocenters. The van der Waals surface area contributed by atoms with Crippen molar-refractivity contribution >= 4 is 11.6 Å². The Kier molecular flexibility index (Phi) is 4.62. The van der Waals surface area contributed by atoms with E-state index in [1.165, 1.54) is 11.9 Å². The molecule has 23 heavy (non-hydrogen) atoms. The minimum absolute atomic E-state index is 0.242. The number of rotatable bonds is 4. The zero-order valence-electron chi connectivity index (χ0n) is 13.6. The molecule has 0 spiro atoms. The van der Waals surface area contributed by atoms with Crippen LogP contribution in [-0.4, -0.2) is 49.0 Å². The summed E-state index contributed by atoms with van der Waals surface area (Å²) in [6, 6.07) is 8.34. The maximum atomic E-state index is 11.9. The van der Waals surface area contributed by atoms with Crippen LogP contribution < -0.4 is 10.2 Å². The molecule has 0 radical (unpaired) electrons. The van der Waals surface area contributed by atoms with Gasteiger partial charge in [-0.15, -0.1) is 0 Å². The highest BCUT2D eigenvalue weighted by atomic mass is 16.4. The Morgan fingerprint density at radius 3 is 2.52 bits per heavy atom. The molecule has 1 aromatic heterocycles. The minimum atomic E-state index is -0.242. The van der Waals surface area contributed by atoms with E-state index in [9.17, 15) is 4.79 Å². The summed E-state index contributed by atoms with van der Waals surface area (Å²) in [7, 11) is 2.15. The van der Waals surface area contributed by atoms with Gasteiger partial charge in [-0.05, 0) is 24.7 Å². The molecule has 6 heteroatoms. The standard InChI is InChI=1S/C17H22N4O2/c1-13-18-12-16(23-13)17(22)19-11-14-3-5-15(6-4-14)21-9-7-20(2)8-10-21/h3-6,12H,7-11H2,1-2H3,(H,19,22). The largest absolute Gasteiger partial charge is 0.436 e. The van der Waals surface area contributed by atoms with Crippen LogP contribution in [0.5, 0.6) is 0 Å². The van der Waals surface area contributed by atoms with E-state index in [0.717, 1.165) is 31.7 Å². The maximum Gasteiger partial charge on any atom is 0.288 e. The summed E-state index contributed by atoms with van der Waals surface area (Å²) in [6.07, 6.45) is 1.45. The van der Waals surface area contributed by atoms with Crippen LogP contribution in [0.1, 0.15) is 22.0 Å². The van der Waals surface area contributed by atoms with Crippen LogP contribution in [0.4, 0.5) is 5.69 Å². The number of likely N-dealkylation sites (N-methyl/N-ethyl adjacent to an activating group) is 1. The third kappa shape index (κ3) is 3.90. The molecule has 0 bridgehead atoms. The molecular weight excluding hydrogens is 292 g/mol. The van der Waals surface area contributed by atoms with Crippen molar-refractivity contribution in [3.05, 3.63) is 47.7 Å². The van der Waals surface area contributed by atoms with Gasteiger partial charge in [0.2, 0.25) is 5.76 Å². The Labute approximate surface area is 136 Å². The first-order valence-corrected chi connectivity index (χ1v) is 7.85. The van der Waals surface area contributed by atoms with Crippen LogP contribution in [0.3, 0.4) is 0 Å². The van der Waals surface area contributed by atoms with Gasteiger partial charge in [0.25, 0.3) is 5.91 Å². The predicted octanol–water partition coefficient (Wildman–Crippen LogP) is 1.66. The van der Waals surface area contributed by atoms with Crippen molar-refractivity contribution in [2.45, 2.75) is 13.5 Å². The molecule has 6 nitrogen and oxygen atoms in total. The average molecular weight is 314 g/mol. The number of carbonyl (C=O) groups is 1. The molecule has 3 rings (SSSR count).